The molecule has 0 saturated heterocycles. The van der Waals surface area contributed by atoms with Gasteiger partial charge in [0.2, 0.25) is 0 Å². The third-order valence-electron chi connectivity index (χ3n) is 3.62. The van der Waals surface area contributed by atoms with Gasteiger partial charge in [-0.15, -0.1) is 11.8 Å². The average molecular weight is 223 g/mol. The third kappa shape index (κ3) is 3.23. The highest BCUT2D eigenvalue weighted by Gasteiger charge is 2.43. The summed E-state index contributed by atoms with van der Waals surface area (Å²) in [4.78, 5) is 0. The lowest BCUT2D eigenvalue weighted by atomic mass is 9.73. The molecule has 92 valence electrons. The van der Waals surface area contributed by atoms with E-state index in [1.54, 1.807) is 0 Å². The van der Waals surface area contributed by atoms with Crippen LogP contribution < -0.4 is 5.32 Å². The Hall–Kier alpha value is -0.520. The first-order valence-electron chi connectivity index (χ1n) is 6.47. The summed E-state index contributed by atoms with van der Waals surface area (Å²) < 4.78 is 5.75. The van der Waals surface area contributed by atoms with Gasteiger partial charge in [0.05, 0.1) is 5.60 Å². The summed E-state index contributed by atoms with van der Waals surface area (Å²) in [5.74, 6) is 6.12. The van der Waals surface area contributed by atoms with Crippen LogP contribution in [0.1, 0.15) is 52.4 Å². The highest BCUT2D eigenvalue weighted by atomic mass is 16.5. The minimum absolute atomic E-state index is 0.102. The summed E-state index contributed by atoms with van der Waals surface area (Å²) in [6.45, 7) is 5.19. The van der Waals surface area contributed by atoms with Crippen molar-refractivity contribution in [3.63, 3.8) is 0 Å². The van der Waals surface area contributed by atoms with E-state index in [0.717, 1.165) is 19.4 Å². The van der Waals surface area contributed by atoms with E-state index in [1.165, 1.54) is 25.7 Å². The monoisotopic (exact) mass is 223 g/mol. The fourth-order valence-electron chi connectivity index (χ4n) is 2.43. The molecular formula is C14H25NO. The Morgan fingerprint density at radius 1 is 1.44 bits per heavy atom. The van der Waals surface area contributed by atoms with Crippen LogP contribution >= 0.6 is 0 Å². The van der Waals surface area contributed by atoms with Crippen molar-refractivity contribution < 1.29 is 4.74 Å². The van der Waals surface area contributed by atoms with Gasteiger partial charge in [-0.25, -0.2) is 0 Å². The Morgan fingerprint density at radius 2 is 2.19 bits per heavy atom. The number of nitrogens with one attached hydrogen (secondary N) is 1. The van der Waals surface area contributed by atoms with Crippen molar-refractivity contribution in [3.05, 3.63) is 0 Å². The summed E-state index contributed by atoms with van der Waals surface area (Å²) in [7, 11) is 1.85. The van der Waals surface area contributed by atoms with Crippen molar-refractivity contribution >= 4 is 0 Å². The van der Waals surface area contributed by atoms with Crippen LogP contribution in [0, 0.1) is 11.8 Å². The molecule has 0 aliphatic heterocycles. The molecule has 1 rings (SSSR count). The Balaban J connectivity index is 2.49. The van der Waals surface area contributed by atoms with Crippen molar-refractivity contribution in [1.82, 2.24) is 5.32 Å². The molecule has 16 heavy (non-hydrogen) atoms. The van der Waals surface area contributed by atoms with E-state index in [-0.39, 0.29) is 5.60 Å². The van der Waals surface area contributed by atoms with E-state index in [2.05, 4.69) is 24.1 Å². The minimum Gasteiger partial charge on any atom is -0.377 e. The van der Waals surface area contributed by atoms with Crippen molar-refractivity contribution in [2.24, 2.45) is 0 Å². The first-order valence-corrected chi connectivity index (χ1v) is 6.47. The van der Waals surface area contributed by atoms with Crippen LogP contribution in [-0.2, 0) is 4.74 Å². The molecule has 2 nitrogen and oxygen atoms in total. The molecule has 2 heteroatoms. The lowest BCUT2D eigenvalue weighted by molar-refractivity contribution is -0.0995. The Bertz CT molecular complexity index is 242. The van der Waals surface area contributed by atoms with Crippen LogP contribution in [0.15, 0.2) is 0 Å². The highest BCUT2D eigenvalue weighted by Crippen LogP contribution is 2.39. The zero-order chi connectivity index (χ0) is 11.9. The predicted molar refractivity (Wildman–Crippen MR) is 68.4 cm³/mol. The van der Waals surface area contributed by atoms with Crippen LogP contribution in [0.5, 0.6) is 0 Å². The van der Waals surface area contributed by atoms with E-state index in [9.17, 15) is 0 Å². The van der Waals surface area contributed by atoms with Gasteiger partial charge >= 0.3 is 0 Å². The fourth-order valence-corrected chi connectivity index (χ4v) is 2.43. The van der Waals surface area contributed by atoms with Crippen LogP contribution in [-0.4, -0.2) is 25.3 Å². The number of methoxy groups -OCH3 is 1. The lowest BCUT2D eigenvalue weighted by Crippen LogP contribution is -2.56. The largest absolute Gasteiger partial charge is 0.377 e. The molecule has 1 N–H and O–H groups in total. The van der Waals surface area contributed by atoms with Crippen LogP contribution in [0.25, 0.3) is 0 Å². The molecule has 1 unspecified atom stereocenters. The molecule has 1 atom stereocenters. The van der Waals surface area contributed by atoms with Gasteiger partial charge in [0.1, 0.15) is 0 Å². The van der Waals surface area contributed by atoms with Crippen molar-refractivity contribution in [1.29, 1.82) is 0 Å². The van der Waals surface area contributed by atoms with Crippen LogP contribution in [0.4, 0.5) is 0 Å². The second-order valence-corrected chi connectivity index (χ2v) is 4.59. The van der Waals surface area contributed by atoms with Crippen molar-refractivity contribution in [3.8, 4) is 11.8 Å². The van der Waals surface area contributed by atoms with Gasteiger partial charge in [-0.3, -0.25) is 0 Å². The van der Waals surface area contributed by atoms with E-state index >= 15 is 0 Å². The topological polar surface area (TPSA) is 21.3 Å². The van der Waals surface area contributed by atoms with Gasteiger partial charge in [0, 0.05) is 19.6 Å². The number of hydrogen-bond donors (Lipinski definition) is 1. The van der Waals surface area contributed by atoms with E-state index in [1.807, 2.05) is 14.0 Å². The second kappa shape index (κ2) is 6.93. The molecule has 0 aromatic heterocycles. The molecule has 0 spiro atoms. The third-order valence-corrected chi connectivity index (χ3v) is 3.62. The quantitative estimate of drug-likeness (QED) is 0.670. The van der Waals surface area contributed by atoms with Crippen molar-refractivity contribution in [2.75, 3.05) is 13.7 Å². The molecule has 0 radical (unpaired) electrons. The van der Waals surface area contributed by atoms with Gasteiger partial charge in [0.15, 0.2) is 0 Å². The molecule has 0 aromatic rings. The smallest absolute Gasteiger partial charge is 0.0831 e. The molecule has 0 heterocycles. The fraction of sp³-hybridized carbons (Fsp3) is 0.857. The maximum absolute atomic E-state index is 5.75. The molecule has 1 aliphatic carbocycles. The van der Waals surface area contributed by atoms with Crippen LogP contribution in [0.2, 0.25) is 0 Å². The van der Waals surface area contributed by atoms with E-state index in [0.29, 0.717) is 6.04 Å². The first kappa shape index (κ1) is 13.5. The first-order chi connectivity index (χ1) is 7.79. The number of ether oxygens (including phenoxy) is 1. The zero-order valence-electron chi connectivity index (χ0n) is 10.9. The Kier molecular flexibility index (Phi) is 5.87. The molecule has 0 amide bonds. The Labute approximate surface area is 100 Å². The molecule has 0 aromatic carbocycles. The van der Waals surface area contributed by atoms with Gasteiger partial charge in [-0.1, -0.05) is 6.92 Å². The lowest BCUT2D eigenvalue weighted by Gasteiger charge is -2.47. The average Bonchev–Trinajstić information content (AvgIpc) is 2.24. The second-order valence-electron chi connectivity index (χ2n) is 4.59. The maximum atomic E-state index is 5.75. The summed E-state index contributed by atoms with van der Waals surface area (Å²) in [5.41, 5.74) is 0.102. The van der Waals surface area contributed by atoms with E-state index in [4.69, 9.17) is 4.74 Å². The zero-order valence-corrected chi connectivity index (χ0v) is 10.9. The van der Waals surface area contributed by atoms with Crippen LogP contribution in [0.3, 0.4) is 0 Å². The summed E-state index contributed by atoms with van der Waals surface area (Å²) >= 11 is 0. The van der Waals surface area contributed by atoms with Gasteiger partial charge < -0.3 is 10.1 Å². The Morgan fingerprint density at radius 3 is 2.62 bits per heavy atom. The number of rotatable bonds is 7. The van der Waals surface area contributed by atoms with Crippen molar-refractivity contribution in [2.45, 2.75) is 64.0 Å². The minimum atomic E-state index is 0.102. The van der Waals surface area contributed by atoms with Gasteiger partial charge in [-0.2, -0.15) is 0 Å². The summed E-state index contributed by atoms with van der Waals surface area (Å²) in [6, 6.07) is 0.479. The SMILES string of the molecule is CC#CCCC(NCCC)C1(OC)CCC1. The highest BCUT2D eigenvalue weighted by molar-refractivity contribution is 5.03. The molecule has 1 fully saturated rings. The molecule has 1 aliphatic rings. The standard InChI is InChI=1S/C14H25NO/c1-4-6-7-9-13(15-12-5-2)14(16-3)10-8-11-14/h13,15H,5,7-12H2,1-3H3. The molecule has 1 saturated carbocycles. The van der Waals surface area contributed by atoms with E-state index < -0.39 is 0 Å². The summed E-state index contributed by atoms with van der Waals surface area (Å²) in [5, 5.41) is 3.63. The molecule has 0 bridgehead atoms. The van der Waals surface area contributed by atoms with Gasteiger partial charge in [-0.05, 0) is 45.6 Å². The normalized spacial score (nSPS) is 19.4. The predicted octanol–water partition coefficient (Wildman–Crippen LogP) is 2.73. The maximum Gasteiger partial charge on any atom is 0.0831 e. The number of hydrogen-bond acceptors (Lipinski definition) is 2. The van der Waals surface area contributed by atoms with Gasteiger partial charge in [0.25, 0.3) is 0 Å². The summed E-state index contributed by atoms with van der Waals surface area (Å²) in [6.07, 6.45) is 6.96. The molecular weight excluding hydrogens is 198 g/mol.